The predicted octanol–water partition coefficient (Wildman–Crippen LogP) is 2.09. The molecule has 1 amide bonds. The number of hydrogen-bond donors (Lipinski definition) is 1. The average Bonchev–Trinajstić information content (AvgIpc) is 2.66. The molecule has 1 N–H and O–H groups in total. The zero-order valence-corrected chi connectivity index (χ0v) is 9.91. The van der Waals surface area contributed by atoms with Crippen molar-refractivity contribution in [3.8, 4) is 0 Å². The summed E-state index contributed by atoms with van der Waals surface area (Å²) in [6, 6.07) is 7.40. The highest BCUT2D eigenvalue weighted by Crippen LogP contribution is 2.17. The Morgan fingerprint density at radius 1 is 1.59 bits per heavy atom. The van der Waals surface area contributed by atoms with Gasteiger partial charge in [0.1, 0.15) is 0 Å². The SMILES string of the molecule is Cn1c(NC(=O)[C@@H](F)CCl)nc2ccccc21. The van der Waals surface area contributed by atoms with Gasteiger partial charge in [-0.05, 0) is 12.1 Å². The number of amides is 1. The number of aromatic nitrogens is 2. The molecule has 0 aliphatic rings. The predicted molar refractivity (Wildman–Crippen MR) is 65.0 cm³/mol. The zero-order valence-electron chi connectivity index (χ0n) is 9.15. The minimum Gasteiger partial charge on any atom is -0.313 e. The number of halogens is 2. The van der Waals surface area contributed by atoms with Crippen LogP contribution in [0.2, 0.25) is 0 Å². The van der Waals surface area contributed by atoms with Crippen molar-refractivity contribution in [2.75, 3.05) is 11.2 Å². The van der Waals surface area contributed by atoms with Crippen LogP contribution in [0.3, 0.4) is 0 Å². The number of fused-ring (bicyclic) bond motifs is 1. The molecular formula is C11H11ClFN3O. The summed E-state index contributed by atoms with van der Waals surface area (Å²) in [5.41, 5.74) is 1.61. The van der Waals surface area contributed by atoms with Gasteiger partial charge in [0.05, 0.1) is 16.9 Å². The molecule has 0 radical (unpaired) electrons. The lowest BCUT2D eigenvalue weighted by Crippen LogP contribution is -2.26. The topological polar surface area (TPSA) is 46.9 Å². The van der Waals surface area contributed by atoms with Crippen LogP contribution < -0.4 is 5.32 Å². The molecular weight excluding hydrogens is 245 g/mol. The molecule has 0 fully saturated rings. The molecule has 0 saturated carbocycles. The summed E-state index contributed by atoms with van der Waals surface area (Å²) in [6.07, 6.45) is -1.73. The standard InChI is InChI=1S/C11H11ClFN3O/c1-16-9-5-3-2-4-8(9)14-11(16)15-10(17)7(13)6-12/h2-5,7H,6H2,1H3,(H,14,15,17)/t7-/m0/s1. The van der Waals surface area contributed by atoms with Crippen LogP contribution in [0.25, 0.3) is 11.0 Å². The summed E-state index contributed by atoms with van der Waals surface area (Å²) in [5.74, 6) is -0.835. The van der Waals surface area contributed by atoms with Crippen LogP contribution in [0.4, 0.5) is 10.3 Å². The maximum Gasteiger partial charge on any atom is 0.262 e. The Morgan fingerprint density at radius 3 is 2.94 bits per heavy atom. The molecule has 4 nitrogen and oxygen atoms in total. The quantitative estimate of drug-likeness (QED) is 0.854. The minimum atomic E-state index is -1.73. The van der Waals surface area contributed by atoms with Gasteiger partial charge in [-0.2, -0.15) is 0 Å². The van der Waals surface area contributed by atoms with Crippen LogP contribution in [0.1, 0.15) is 0 Å². The number of imidazole rings is 1. The number of nitrogens with one attached hydrogen (secondary N) is 1. The number of carbonyl (C=O) groups is 1. The third-order valence-corrected chi connectivity index (χ3v) is 2.71. The van der Waals surface area contributed by atoms with Crippen LogP contribution in [0.5, 0.6) is 0 Å². The number of rotatable bonds is 3. The van der Waals surface area contributed by atoms with Gasteiger partial charge in [0.15, 0.2) is 6.17 Å². The lowest BCUT2D eigenvalue weighted by Gasteiger charge is -2.06. The molecule has 1 aromatic carbocycles. The molecule has 1 atom stereocenters. The largest absolute Gasteiger partial charge is 0.313 e. The van der Waals surface area contributed by atoms with E-state index in [9.17, 15) is 9.18 Å². The van der Waals surface area contributed by atoms with E-state index in [0.717, 1.165) is 11.0 Å². The molecule has 17 heavy (non-hydrogen) atoms. The molecule has 0 aliphatic carbocycles. The molecule has 0 unspecified atom stereocenters. The van der Waals surface area contributed by atoms with E-state index in [0.29, 0.717) is 5.95 Å². The van der Waals surface area contributed by atoms with Gasteiger partial charge in [-0.3, -0.25) is 10.1 Å². The molecule has 6 heteroatoms. The molecule has 1 heterocycles. The van der Waals surface area contributed by atoms with E-state index in [1.165, 1.54) is 0 Å². The van der Waals surface area contributed by atoms with Crippen molar-refractivity contribution >= 4 is 34.5 Å². The van der Waals surface area contributed by atoms with Crippen LogP contribution in [-0.2, 0) is 11.8 Å². The second-order valence-electron chi connectivity index (χ2n) is 3.59. The third kappa shape index (κ3) is 2.24. The molecule has 90 valence electrons. The Labute approximate surface area is 102 Å². The van der Waals surface area contributed by atoms with Gasteiger partial charge in [0, 0.05) is 7.05 Å². The maximum atomic E-state index is 13.0. The second-order valence-corrected chi connectivity index (χ2v) is 3.90. The Bertz CT molecular complexity index is 555. The zero-order chi connectivity index (χ0) is 12.4. The molecule has 2 rings (SSSR count). The van der Waals surface area contributed by atoms with Crippen LogP contribution >= 0.6 is 11.6 Å². The van der Waals surface area contributed by atoms with E-state index in [2.05, 4.69) is 10.3 Å². The summed E-state index contributed by atoms with van der Waals surface area (Å²) in [5, 5.41) is 2.40. The number of nitrogens with zero attached hydrogens (tertiary/aromatic N) is 2. The first-order valence-corrected chi connectivity index (χ1v) is 5.59. The monoisotopic (exact) mass is 255 g/mol. The molecule has 0 bridgehead atoms. The number of hydrogen-bond acceptors (Lipinski definition) is 2. The Morgan fingerprint density at radius 2 is 2.29 bits per heavy atom. The molecule has 1 aromatic heterocycles. The van der Waals surface area contributed by atoms with Crippen molar-refractivity contribution in [1.82, 2.24) is 9.55 Å². The normalized spacial score (nSPS) is 12.6. The van der Waals surface area contributed by atoms with Crippen molar-refractivity contribution in [2.45, 2.75) is 6.17 Å². The van der Waals surface area contributed by atoms with Gasteiger partial charge < -0.3 is 4.57 Å². The maximum absolute atomic E-state index is 13.0. The van der Waals surface area contributed by atoms with Crippen molar-refractivity contribution in [2.24, 2.45) is 7.05 Å². The first kappa shape index (κ1) is 11.9. The van der Waals surface area contributed by atoms with Gasteiger partial charge in [0.2, 0.25) is 5.95 Å². The smallest absolute Gasteiger partial charge is 0.262 e. The highest BCUT2D eigenvalue weighted by Gasteiger charge is 2.18. The number of anilines is 1. The lowest BCUT2D eigenvalue weighted by molar-refractivity contribution is -0.120. The van der Waals surface area contributed by atoms with Gasteiger partial charge in [0.25, 0.3) is 5.91 Å². The fourth-order valence-electron chi connectivity index (χ4n) is 1.52. The number of alkyl halides is 2. The number of benzene rings is 1. The van der Waals surface area contributed by atoms with Crippen molar-refractivity contribution in [1.29, 1.82) is 0 Å². The molecule has 0 aliphatic heterocycles. The van der Waals surface area contributed by atoms with E-state index in [4.69, 9.17) is 11.6 Å². The van der Waals surface area contributed by atoms with Crippen molar-refractivity contribution < 1.29 is 9.18 Å². The van der Waals surface area contributed by atoms with E-state index >= 15 is 0 Å². The fraction of sp³-hybridized carbons (Fsp3) is 0.273. The highest BCUT2D eigenvalue weighted by molar-refractivity contribution is 6.20. The number of carbonyl (C=O) groups excluding carboxylic acids is 1. The Kier molecular flexibility index (Phi) is 3.28. The van der Waals surface area contributed by atoms with Gasteiger partial charge in [-0.15, -0.1) is 11.6 Å². The van der Waals surface area contributed by atoms with Crippen LogP contribution in [0, 0.1) is 0 Å². The first-order valence-electron chi connectivity index (χ1n) is 5.06. The van der Waals surface area contributed by atoms with E-state index in [-0.39, 0.29) is 5.88 Å². The van der Waals surface area contributed by atoms with Gasteiger partial charge in [-0.25, -0.2) is 9.37 Å². The number of aryl methyl sites for hydroxylation is 1. The summed E-state index contributed by atoms with van der Waals surface area (Å²) < 4.78 is 14.7. The second kappa shape index (κ2) is 4.71. The van der Waals surface area contributed by atoms with Crippen LogP contribution in [-0.4, -0.2) is 27.5 Å². The molecule has 0 saturated heterocycles. The van der Waals surface area contributed by atoms with Crippen molar-refractivity contribution in [3.63, 3.8) is 0 Å². The number of para-hydroxylation sites is 2. The highest BCUT2D eigenvalue weighted by atomic mass is 35.5. The molecule has 0 spiro atoms. The molecule has 2 aromatic rings. The van der Waals surface area contributed by atoms with Gasteiger partial charge >= 0.3 is 0 Å². The van der Waals surface area contributed by atoms with Crippen LogP contribution in [0.15, 0.2) is 24.3 Å². The summed E-state index contributed by atoms with van der Waals surface area (Å²) >= 11 is 5.27. The van der Waals surface area contributed by atoms with E-state index in [1.54, 1.807) is 11.6 Å². The summed E-state index contributed by atoms with van der Waals surface area (Å²) in [7, 11) is 1.75. The average molecular weight is 256 g/mol. The van der Waals surface area contributed by atoms with E-state index < -0.39 is 12.1 Å². The van der Waals surface area contributed by atoms with Crippen molar-refractivity contribution in [3.05, 3.63) is 24.3 Å². The first-order chi connectivity index (χ1) is 8.13. The van der Waals surface area contributed by atoms with E-state index in [1.807, 2.05) is 24.3 Å². The fourth-order valence-corrected chi connectivity index (χ4v) is 1.66. The summed E-state index contributed by atoms with van der Waals surface area (Å²) in [6.45, 7) is 0. The Hall–Kier alpha value is -1.62. The lowest BCUT2D eigenvalue weighted by atomic mass is 10.3. The third-order valence-electron chi connectivity index (χ3n) is 2.44. The summed E-state index contributed by atoms with van der Waals surface area (Å²) in [4.78, 5) is 15.5. The Balaban J connectivity index is 2.30. The van der Waals surface area contributed by atoms with Gasteiger partial charge in [-0.1, -0.05) is 12.1 Å². The minimum absolute atomic E-state index is 0.309.